The molecule has 11 heteroatoms. The molecule has 0 radical (unpaired) electrons. The molecular weight excluding hydrogens is 482 g/mol. The highest BCUT2D eigenvalue weighted by Gasteiger charge is 2.50. The van der Waals surface area contributed by atoms with Crippen molar-refractivity contribution >= 4 is 50.7 Å². The third-order valence-corrected chi connectivity index (χ3v) is 7.87. The van der Waals surface area contributed by atoms with Crippen molar-refractivity contribution in [1.29, 1.82) is 0 Å². The highest BCUT2D eigenvalue weighted by Crippen LogP contribution is 2.39. The lowest BCUT2D eigenvalue weighted by Crippen LogP contribution is -2.46. The Morgan fingerprint density at radius 1 is 1.09 bits per heavy atom. The van der Waals surface area contributed by atoms with E-state index in [-0.39, 0.29) is 33.8 Å². The number of imide groups is 1. The zero-order valence-electron chi connectivity index (χ0n) is 18.3. The fourth-order valence-corrected chi connectivity index (χ4v) is 5.74. The molecule has 1 saturated carbocycles. The Kier molecular flexibility index (Phi) is 6.55. The van der Waals surface area contributed by atoms with Gasteiger partial charge < -0.3 is 10.4 Å². The first kappa shape index (κ1) is 24.0. The standard InChI is InChI=1S/C23H24ClN3O6S/c1-13(27-22(30)17-7-2-3-8-18(17)23(27)31)21(29)25-19-12-16(9-10-20(19)28)34(32,33)26-15-6-4-5-14(24)11-15/h4-6,9-13,17-18,26,28H,2-3,7-8H2,1H3,(H,25,29)/t13-,17-,18+/m0/s1. The van der Waals surface area contributed by atoms with Crippen LogP contribution in [0, 0.1) is 11.8 Å². The number of halogens is 1. The molecule has 2 aliphatic rings. The Bertz CT molecular complexity index is 1240. The molecule has 2 fully saturated rings. The zero-order chi connectivity index (χ0) is 24.6. The Hall–Kier alpha value is -3.11. The summed E-state index contributed by atoms with van der Waals surface area (Å²) in [6.45, 7) is 1.43. The van der Waals surface area contributed by atoms with E-state index in [4.69, 9.17) is 11.6 Å². The number of benzene rings is 2. The number of carbonyl (C=O) groups excluding carboxylic acids is 3. The molecule has 180 valence electrons. The molecular formula is C23H24ClN3O6S. The quantitative estimate of drug-likeness (QED) is 0.407. The van der Waals surface area contributed by atoms with Crippen molar-refractivity contribution in [3.05, 3.63) is 47.5 Å². The summed E-state index contributed by atoms with van der Waals surface area (Å²) in [5, 5.41) is 13.0. The Balaban J connectivity index is 1.52. The van der Waals surface area contributed by atoms with Crippen molar-refractivity contribution in [1.82, 2.24) is 4.90 Å². The van der Waals surface area contributed by atoms with Crippen molar-refractivity contribution < 1.29 is 27.9 Å². The van der Waals surface area contributed by atoms with Crippen LogP contribution in [0.2, 0.25) is 5.02 Å². The molecule has 9 nitrogen and oxygen atoms in total. The summed E-state index contributed by atoms with van der Waals surface area (Å²) in [5.41, 5.74) is 0.0784. The zero-order valence-corrected chi connectivity index (χ0v) is 19.9. The number of fused-ring (bicyclic) bond motifs is 1. The van der Waals surface area contributed by atoms with Crippen LogP contribution in [0.15, 0.2) is 47.4 Å². The maximum absolute atomic E-state index is 12.9. The summed E-state index contributed by atoms with van der Waals surface area (Å²) in [6, 6.07) is 8.44. The van der Waals surface area contributed by atoms with Crippen LogP contribution in [0.1, 0.15) is 32.6 Å². The van der Waals surface area contributed by atoms with Crippen LogP contribution in [0.5, 0.6) is 5.75 Å². The number of nitrogens with zero attached hydrogens (tertiary/aromatic N) is 1. The highest BCUT2D eigenvalue weighted by atomic mass is 35.5. The molecule has 3 atom stereocenters. The molecule has 0 spiro atoms. The maximum Gasteiger partial charge on any atom is 0.261 e. The van der Waals surface area contributed by atoms with Crippen molar-refractivity contribution in [2.75, 3.05) is 10.0 Å². The van der Waals surface area contributed by atoms with Gasteiger partial charge in [-0.05, 0) is 56.2 Å². The second-order valence-corrected chi connectivity index (χ2v) is 10.6. The number of amides is 3. The molecule has 4 rings (SSSR count). The summed E-state index contributed by atoms with van der Waals surface area (Å²) in [5.74, 6) is -2.58. The number of sulfonamides is 1. The molecule has 3 N–H and O–H groups in total. The van der Waals surface area contributed by atoms with E-state index >= 15 is 0 Å². The summed E-state index contributed by atoms with van der Waals surface area (Å²) < 4.78 is 28.0. The number of nitrogens with one attached hydrogen (secondary N) is 2. The first-order chi connectivity index (χ1) is 16.1. The number of hydrogen-bond donors (Lipinski definition) is 3. The van der Waals surface area contributed by atoms with Gasteiger partial charge in [0.05, 0.1) is 28.1 Å². The van der Waals surface area contributed by atoms with Gasteiger partial charge in [0.15, 0.2) is 0 Å². The molecule has 1 heterocycles. The van der Waals surface area contributed by atoms with Gasteiger partial charge >= 0.3 is 0 Å². The predicted octanol–water partition coefficient (Wildman–Crippen LogP) is 3.35. The predicted molar refractivity (Wildman–Crippen MR) is 126 cm³/mol. The van der Waals surface area contributed by atoms with E-state index in [0.717, 1.165) is 29.9 Å². The summed E-state index contributed by atoms with van der Waals surface area (Å²) in [4.78, 5) is 39.2. The van der Waals surface area contributed by atoms with E-state index in [0.29, 0.717) is 17.9 Å². The van der Waals surface area contributed by atoms with Gasteiger partial charge in [0.1, 0.15) is 11.8 Å². The van der Waals surface area contributed by atoms with Crippen LogP contribution in [-0.4, -0.2) is 42.2 Å². The number of carbonyl (C=O) groups is 3. The second kappa shape index (κ2) is 9.27. The number of aromatic hydroxyl groups is 1. The Morgan fingerprint density at radius 3 is 2.35 bits per heavy atom. The van der Waals surface area contributed by atoms with E-state index in [2.05, 4.69) is 10.0 Å². The maximum atomic E-state index is 12.9. The third kappa shape index (κ3) is 4.60. The van der Waals surface area contributed by atoms with Crippen molar-refractivity contribution in [3.63, 3.8) is 0 Å². The molecule has 1 aliphatic carbocycles. The average Bonchev–Trinajstić information content (AvgIpc) is 3.04. The van der Waals surface area contributed by atoms with Gasteiger partial charge in [0.2, 0.25) is 17.7 Å². The second-order valence-electron chi connectivity index (χ2n) is 8.50. The van der Waals surface area contributed by atoms with Gasteiger partial charge in [0, 0.05) is 5.02 Å². The van der Waals surface area contributed by atoms with E-state index in [1.165, 1.54) is 25.1 Å². The van der Waals surface area contributed by atoms with Crippen molar-refractivity contribution in [3.8, 4) is 5.75 Å². The highest BCUT2D eigenvalue weighted by molar-refractivity contribution is 7.92. The van der Waals surface area contributed by atoms with Gasteiger partial charge in [-0.2, -0.15) is 0 Å². The lowest BCUT2D eigenvalue weighted by atomic mass is 9.81. The fourth-order valence-electron chi connectivity index (χ4n) is 4.47. The molecule has 3 amide bonds. The fraction of sp³-hybridized carbons (Fsp3) is 0.348. The van der Waals surface area contributed by atoms with E-state index in [1.807, 2.05) is 0 Å². The van der Waals surface area contributed by atoms with Gasteiger partial charge in [-0.1, -0.05) is 30.5 Å². The smallest absolute Gasteiger partial charge is 0.261 e. The first-order valence-corrected chi connectivity index (χ1v) is 12.7. The molecule has 0 bridgehead atoms. The van der Waals surface area contributed by atoms with E-state index < -0.39 is 33.8 Å². The largest absolute Gasteiger partial charge is 0.506 e. The van der Waals surface area contributed by atoms with Crippen molar-refractivity contribution in [2.24, 2.45) is 11.8 Å². The number of phenols is 1. The number of rotatable bonds is 6. The Morgan fingerprint density at radius 2 is 1.74 bits per heavy atom. The van der Waals surface area contributed by atoms with Crippen LogP contribution >= 0.6 is 11.6 Å². The Labute approximate surface area is 202 Å². The van der Waals surface area contributed by atoms with Gasteiger partial charge in [-0.25, -0.2) is 8.42 Å². The number of anilines is 2. The van der Waals surface area contributed by atoms with Crippen LogP contribution in [0.25, 0.3) is 0 Å². The minimum Gasteiger partial charge on any atom is -0.506 e. The van der Waals surface area contributed by atoms with Gasteiger partial charge in [0.25, 0.3) is 10.0 Å². The van der Waals surface area contributed by atoms with Crippen LogP contribution in [-0.2, 0) is 24.4 Å². The van der Waals surface area contributed by atoms with Gasteiger partial charge in [-0.15, -0.1) is 0 Å². The molecule has 1 aliphatic heterocycles. The monoisotopic (exact) mass is 505 g/mol. The molecule has 2 aromatic rings. The number of likely N-dealkylation sites (tertiary alicyclic amines) is 1. The molecule has 2 aromatic carbocycles. The molecule has 34 heavy (non-hydrogen) atoms. The first-order valence-electron chi connectivity index (χ1n) is 10.9. The topological polar surface area (TPSA) is 133 Å². The molecule has 0 unspecified atom stereocenters. The minimum absolute atomic E-state index is 0.165. The summed E-state index contributed by atoms with van der Waals surface area (Å²) in [7, 11) is -4.06. The summed E-state index contributed by atoms with van der Waals surface area (Å²) >= 11 is 5.90. The number of phenolic OH excluding ortho intramolecular Hbond substituents is 1. The normalized spacial score (nSPS) is 21.2. The van der Waals surface area contributed by atoms with Crippen molar-refractivity contribution in [2.45, 2.75) is 43.5 Å². The van der Waals surface area contributed by atoms with E-state index in [1.54, 1.807) is 12.1 Å². The summed E-state index contributed by atoms with van der Waals surface area (Å²) in [6.07, 6.45) is 2.99. The molecule has 1 saturated heterocycles. The minimum atomic E-state index is -4.06. The van der Waals surface area contributed by atoms with Crippen LogP contribution in [0.3, 0.4) is 0 Å². The van der Waals surface area contributed by atoms with Gasteiger partial charge in [-0.3, -0.25) is 24.0 Å². The average molecular weight is 506 g/mol. The number of hydrogen-bond acceptors (Lipinski definition) is 6. The van der Waals surface area contributed by atoms with E-state index in [9.17, 15) is 27.9 Å². The molecule has 0 aromatic heterocycles. The van der Waals surface area contributed by atoms with Crippen LogP contribution in [0.4, 0.5) is 11.4 Å². The third-order valence-electron chi connectivity index (χ3n) is 6.25. The lowest BCUT2D eigenvalue weighted by Gasteiger charge is -2.22. The SMILES string of the molecule is C[C@@H](C(=O)Nc1cc(S(=O)(=O)Nc2cccc(Cl)c2)ccc1O)N1C(=O)[C@H]2CCCC[C@H]2C1=O. The lowest BCUT2D eigenvalue weighted by molar-refractivity contribution is -0.146. The van der Waals surface area contributed by atoms with Crippen LogP contribution < -0.4 is 10.0 Å².